The highest BCUT2D eigenvalue weighted by molar-refractivity contribution is 6.92. The van der Waals surface area contributed by atoms with Crippen LogP contribution in [0, 0.1) is 0 Å². The second-order valence-corrected chi connectivity index (χ2v) is 29.8. The van der Waals surface area contributed by atoms with E-state index in [0.29, 0.717) is 0 Å². The fourth-order valence-electron chi connectivity index (χ4n) is 20.6. The van der Waals surface area contributed by atoms with Crippen LogP contribution in [0.3, 0.4) is 0 Å². The van der Waals surface area contributed by atoms with Crippen molar-refractivity contribution in [2.75, 3.05) is 9.80 Å². The zero-order valence-corrected chi connectivity index (χ0v) is 58.2. The van der Waals surface area contributed by atoms with Gasteiger partial charge in [0.25, 0.3) is 0 Å². The monoisotopic (exact) mass is 1370 g/mol. The predicted octanol–water partition coefficient (Wildman–Crippen LogP) is 22.0. The summed E-state index contributed by atoms with van der Waals surface area (Å²) in [5.41, 5.74) is 35.9. The SMILES string of the molecule is c1ccc(-n2c3ccccc3c3ccc(N4c5cc6c7ccccc7n(-c7ccccc7)c6cc5B5c6c(cccc64)-c4cccc6c4n5c4c5cccc7c5n(c64)B4c5cc6c(cc5N(c5ccc8c9ccccc9n(-c9ccccc9)c8c5)c5cccc-7c54)c4ccccc4n6-c4ccccc4)cc32)cc1. The molecule has 4 aliphatic rings. The van der Waals surface area contributed by atoms with Gasteiger partial charge in [-0.1, -0.05) is 218 Å². The molecule has 0 unspecified atom stereocenters. The lowest BCUT2D eigenvalue weighted by Crippen LogP contribution is -2.56. The van der Waals surface area contributed by atoms with E-state index in [-0.39, 0.29) is 13.7 Å². The van der Waals surface area contributed by atoms with Crippen LogP contribution in [0.5, 0.6) is 0 Å². The number of para-hydroxylation sites is 10. The molecule has 0 atom stereocenters. The quantitative estimate of drug-likeness (QED) is 0.156. The van der Waals surface area contributed by atoms with Crippen molar-refractivity contribution >= 4 is 190 Å². The van der Waals surface area contributed by atoms with Crippen molar-refractivity contribution in [1.82, 2.24) is 27.2 Å². The highest BCUT2D eigenvalue weighted by Gasteiger charge is 2.48. The lowest BCUT2D eigenvalue weighted by Gasteiger charge is -2.40. The maximum Gasteiger partial charge on any atom is 0.333 e. The average Bonchev–Trinajstić information content (AvgIpc) is 1.47. The highest BCUT2D eigenvalue weighted by Crippen LogP contribution is 2.54. The minimum Gasteiger partial charge on any atom is -0.374 e. The summed E-state index contributed by atoms with van der Waals surface area (Å²) in [6.07, 6.45) is 0. The van der Waals surface area contributed by atoms with Crippen LogP contribution >= 0.6 is 0 Å². The van der Waals surface area contributed by atoms with Gasteiger partial charge >= 0.3 is 13.7 Å². The Labute approximate surface area is 619 Å². The second-order valence-electron chi connectivity index (χ2n) is 29.8. The zero-order chi connectivity index (χ0) is 69.9. The molecule has 10 heterocycles. The van der Waals surface area contributed by atoms with Crippen molar-refractivity contribution in [3.63, 3.8) is 0 Å². The van der Waals surface area contributed by atoms with Crippen molar-refractivity contribution in [2.24, 2.45) is 0 Å². The molecule has 4 aliphatic heterocycles. The summed E-state index contributed by atoms with van der Waals surface area (Å²) >= 11 is 0. The Hall–Kier alpha value is -14.2. The van der Waals surface area contributed by atoms with E-state index in [1.54, 1.807) is 0 Å². The molecule has 0 spiro atoms. The van der Waals surface area contributed by atoms with Crippen molar-refractivity contribution < 1.29 is 0 Å². The van der Waals surface area contributed by atoms with Crippen LogP contribution in [0.15, 0.2) is 352 Å². The second kappa shape index (κ2) is 20.8. The number of benzene rings is 16. The first-order valence-corrected chi connectivity index (χ1v) is 37.6. The van der Waals surface area contributed by atoms with Gasteiger partial charge in [-0.25, -0.2) is 0 Å². The van der Waals surface area contributed by atoms with Crippen LogP contribution in [0.2, 0.25) is 0 Å². The first-order chi connectivity index (χ1) is 53.7. The van der Waals surface area contributed by atoms with E-state index < -0.39 is 0 Å². The van der Waals surface area contributed by atoms with E-state index in [4.69, 9.17) is 0 Å². The molecule has 26 rings (SSSR count). The third kappa shape index (κ3) is 7.22. The van der Waals surface area contributed by atoms with E-state index in [9.17, 15) is 0 Å². The molecule has 6 aromatic heterocycles. The van der Waals surface area contributed by atoms with Crippen LogP contribution in [0.1, 0.15) is 0 Å². The van der Waals surface area contributed by atoms with Crippen LogP contribution in [0.25, 0.3) is 165 Å². The Kier molecular flexibility index (Phi) is 11.0. The molecule has 108 heavy (non-hydrogen) atoms. The first-order valence-electron chi connectivity index (χ1n) is 37.6. The molecular formula is C98H58B2N8. The van der Waals surface area contributed by atoms with E-state index in [1.165, 1.54) is 165 Å². The van der Waals surface area contributed by atoms with Gasteiger partial charge in [-0.15, -0.1) is 0 Å². The standard InChI is InChI=1S/C98H58B2N8/c1-5-25-59(26-6-1)101-81-43-17-13-33-65(81)69-51-49-63(53-87(69)101)105-85-47-23-37-71-73-39-21-41-75-95(73)107(99(93(71)85)79-57-89-77(55-91(79)105)67-35-15-19-45-83(67)103(89)61-29-9-3-10-30-61)97-76-42-22-40-74-72-38-24-48-86-94(72)100(108(96(74)76)98(75)97)80-58-90-78(68-36-16-20-46-84(68)104(90)62-31-11-4-12-32-62)56-92(80)106(86)64-50-52-70-66-34-14-18-44-82(66)102(88(70)54-64)60-27-7-2-8-28-60/h1-58H. The highest BCUT2D eigenvalue weighted by atomic mass is 15.2. The van der Waals surface area contributed by atoms with Crippen LogP contribution < -0.4 is 31.7 Å². The lowest BCUT2D eigenvalue weighted by molar-refractivity contribution is 1.17. The fourth-order valence-corrected chi connectivity index (χ4v) is 20.6. The van der Waals surface area contributed by atoms with Gasteiger partial charge in [-0.2, -0.15) is 0 Å². The smallest absolute Gasteiger partial charge is 0.333 e. The maximum atomic E-state index is 2.83. The van der Waals surface area contributed by atoms with Gasteiger partial charge in [0.2, 0.25) is 0 Å². The Morgan fingerprint density at radius 1 is 0.176 bits per heavy atom. The van der Waals surface area contributed by atoms with Crippen molar-refractivity contribution in [3.05, 3.63) is 352 Å². The first kappa shape index (κ1) is 57.2. The number of aromatic nitrogens is 6. The molecule has 0 N–H and O–H groups in total. The molecular weight excluding hydrogens is 1310 g/mol. The molecule has 0 fully saturated rings. The van der Waals surface area contributed by atoms with Crippen molar-refractivity contribution in [2.45, 2.75) is 0 Å². The minimum absolute atomic E-state index is 0.262. The summed E-state index contributed by atoms with van der Waals surface area (Å²) in [7, 11) is 0. The fraction of sp³-hybridized carbons (Fsp3) is 0. The Bertz CT molecular complexity index is 7310. The van der Waals surface area contributed by atoms with Gasteiger partial charge < -0.3 is 37.0 Å². The number of hydrogen-bond acceptors (Lipinski definition) is 2. The minimum atomic E-state index is -0.262. The summed E-state index contributed by atoms with van der Waals surface area (Å²) in [4.78, 5) is 5.23. The third-order valence-corrected chi connectivity index (χ3v) is 24.7. The molecule has 10 heteroatoms. The molecule has 0 saturated carbocycles. The van der Waals surface area contributed by atoms with Gasteiger partial charge in [0.1, 0.15) is 0 Å². The van der Waals surface area contributed by atoms with Gasteiger partial charge in [0.05, 0.1) is 55.2 Å². The largest absolute Gasteiger partial charge is 0.374 e. The molecule has 16 aromatic carbocycles. The summed E-state index contributed by atoms with van der Waals surface area (Å²) in [5, 5.41) is 12.2. The number of hydrogen-bond donors (Lipinski definition) is 0. The van der Waals surface area contributed by atoms with Gasteiger partial charge in [-0.05, 0) is 166 Å². The Morgan fingerprint density at radius 2 is 0.472 bits per heavy atom. The maximum absolute atomic E-state index is 2.83. The van der Waals surface area contributed by atoms with E-state index in [1.807, 2.05) is 0 Å². The van der Waals surface area contributed by atoms with Gasteiger partial charge in [0.15, 0.2) is 0 Å². The summed E-state index contributed by atoms with van der Waals surface area (Å²) in [6, 6.07) is 133. The van der Waals surface area contributed by atoms with Crippen LogP contribution in [-0.4, -0.2) is 40.9 Å². The number of nitrogens with zero attached hydrogens (tertiary/aromatic N) is 8. The molecule has 22 aromatic rings. The van der Waals surface area contributed by atoms with Crippen molar-refractivity contribution in [3.8, 4) is 45.0 Å². The van der Waals surface area contributed by atoms with E-state index >= 15 is 0 Å². The van der Waals surface area contributed by atoms with Crippen LogP contribution in [-0.2, 0) is 0 Å². The molecule has 496 valence electrons. The Balaban J connectivity index is 0.777. The Morgan fingerprint density at radius 3 is 0.843 bits per heavy atom. The summed E-state index contributed by atoms with van der Waals surface area (Å²) < 4.78 is 15.6. The number of anilines is 6. The van der Waals surface area contributed by atoms with Gasteiger partial charge in [0, 0.05) is 133 Å². The third-order valence-electron chi connectivity index (χ3n) is 24.7. The molecule has 0 amide bonds. The average molecular weight is 1370 g/mol. The molecule has 0 saturated heterocycles. The zero-order valence-electron chi connectivity index (χ0n) is 58.2. The molecule has 0 radical (unpaired) electrons. The number of rotatable bonds is 6. The molecule has 0 bridgehead atoms. The van der Waals surface area contributed by atoms with E-state index in [2.05, 4.69) is 389 Å². The predicted molar refractivity (Wildman–Crippen MR) is 453 cm³/mol. The molecule has 0 aliphatic carbocycles. The lowest BCUT2D eigenvalue weighted by atomic mass is 9.45. The molecule has 8 nitrogen and oxygen atoms in total. The summed E-state index contributed by atoms with van der Waals surface area (Å²) in [5.74, 6) is 0. The topological polar surface area (TPSA) is 36.1 Å². The summed E-state index contributed by atoms with van der Waals surface area (Å²) in [6.45, 7) is -0.525. The number of fused-ring (bicyclic) bond motifs is 25. The van der Waals surface area contributed by atoms with Crippen LogP contribution in [0.4, 0.5) is 34.1 Å². The van der Waals surface area contributed by atoms with E-state index in [0.717, 1.165) is 56.5 Å². The van der Waals surface area contributed by atoms with Crippen molar-refractivity contribution in [1.29, 1.82) is 0 Å². The normalized spacial score (nSPS) is 13.3. The van der Waals surface area contributed by atoms with Gasteiger partial charge in [-0.3, -0.25) is 0 Å².